The molecule has 1 heterocycles. The molecule has 1 fully saturated rings. The van der Waals surface area contributed by atoms with Crippen LogP contribution >= 0.6 is 0 Å². The Morgan fingerprint density at radius 2 is 1.50 bits per heavy atom. The summed E-state index contributed by atoms with van der Waals surface area (Å²) >= 11 is 0. The smallest absolute Gasteiger partial charge is 0.104 e. The molecule has 0 aliphatic carbocycles. The number of epoxide rings is 1. The van der Waals surface area contributed by atoms with E-state index in [1.807, 2.05) is 52.1 Å². The van der Waals surface area contributed by atoms with Crippen molar-refractivity contribution in [3.05, 3.63) is 0 Å². The van der Waals surface area contributed by atoms with Crippen LogP contribution in [0.4, 0.5) is 0 Å². The lowest BCUT2D eigenvalue weighted by Crippen LogP contribution is -2.35. The maximum absolute atomic E-state index is 9.05. The Hall–Kier alpha value is -0.360. The van der Waals surface area contributed by atoms with Crippen molar-refractivity contribution in [1.82, 2.24) is 15.1 Å². The van der Waals surface area contributed by atoms with Gasteiger partial charge in [0.1, 0.15) is 6.10 Å². The second-order valence-corrected chi connectivity index (χ2v) is 6.54. The molecule has 0 saturated carbocycles. The van der Waals surface area contributed by atoms with Crippen molar-refractivity contribution in [2.24, 2.45) is 0 Å². The summed E-state index contributed by atoms with van der Waals surface area (Å²) in [4.78, 5) is 3.85. The van der Waals surface area contributed by atoms with Crippen molar-refractivity contribution in [2.75, 3.05) is 103 Å². The highest BCUT2D eigenvalue weighted by Crippen LogP contribution is 2.06. The minimum atomic E-state index is -0.356. The third-order valence-electron chi connectivity index (χ3n) is 2.99. The lowest BCUT2D eigenvalue weighted by atomic mass is 10.3. The first-order chi connectivity index (χ1) is 12.7. The van der Waals surface area contributed by atoms with Gasteiger partial charge in [-0.3, -0.25) is 0 Å². The molecule has 176 valence electrons. The first-order valence-electron chi connectivity index (χ1n) is 9.00. The molecule has 9 nitrogen and oxygen atoms in total. The molecular formula is C19H49N3O6. The molecule has 0 amide bonds. The van der Waals surface area contributed by atoms with Crippen LogP contribution in [0.1, 0.15) is 7.43 Å². The predicted octanol–water partition coefficient (Wildman–Crippen LogP) is -0.386. The zero-order valence-corrected chi connectivity index (χ0v) is 18.9. The maximum atomic E-state index is 9.05. The van der Waals surface area contributed by atoms with Crippen molar-refractivity contribution in [1.29, 1.82) is 0 Å². The van der Waals surface area contributed by atoms with Crippen LogP contribution in [0.3, 0.4) is 0 Å². The van der Waals surface area contributed by atoms with Gasteiger partial charge in [-0.25, -0.2) is 0 Å². The van der Waals surface area contributed by atoms with Crippen molar-refractivity contribution in [2.45, 2.75) is 25.7 Å². The van der Waals surface area contributed by atoms with E-state index in [1.165, 1.54) is 0 Å². The van der Waals surface area contributed by atoms with Gasteiger partial charge in [0.25, 0.3) is 0 Å². The lowest BCUT2D eigenvalue weighted by molar-refractivity contribution is 0.0479. The second-order valence-electron chi connectivity index (χ2n) is 6.54. The van der Waals surface area contributed by atoms with Crippen molar-refractivity contribution in [3.8, 4) is 0 Å². The molecule has 0 radical (unpaired) electrons. The molecule has 0 aromatic rings. The van der Waals surface area contributed by atoms with Crippen LogP contribution in [0.5, 0.6) is 0 Å². The highest BCUT2D eigenvalue weighted by atomic mass is 16.6. The van der Waals surface area contributed by atoms with Gasteiger partial charge >= 0.3 is 0 Å². The number of nitrogens with zero attached hydrogens (tertiary/aromatic N) is 2. The third kappa shape index (κ3) is 33.2. The number of rotatable bonds is 10. The Balaban J connectivity index is -0.000000143. The van der Waals surface area contributed by atoms with E-state index in [9.17, 15) is 0 Å². The zero-order chi connectivity index (χ0) is 21.7. The van der Waals surface area contributed by atoms with Gasteiger partial charge in [0.05, 0.1) is 45.2 Å². The number of likely N-dealkylation sites (N-methyl/N-ethyl adjacent to an activating group) is 2. The van der Waals surface area contributed by atoms with E-state index < -0.39 is 0 Å². The molecule has 28 heavy (non-hydrogen) atoms. The Bertz CT molecular complexity index is 270. The van der Waals surface area contributed by atoms with Crippen molar-refractivity contribution < 1.29 is 29.2 Å². The summed E-state index contributed by atoms with van der Waals surface area (Å²) < 4.78 is 19.1. The van der Waals surface area contributed by atoms with Crippen LogP contribution in [-0.4, -0.2) is 141 Å². The Labute approximate surface area is 173 Å². The molecule has 3 atom stereocenters. The monoisotopic (exact) mass is 415 g/mol. The highest BCUT2D eigenvalue weighted by molar-refractivity contribution is 4.66. The molecule has 9 heteroatoms. The minimum absolute atomic E-state index is 0. The van der Waals surface area contributed by atoms with Gasteiger partial charge in [0.2, 0.25) is 0 Å². The summed E-state index contributed by atoms with van der Waals surface area (Å²) in [7, 11) is 16.3. The number of aliphatic hydroxyl groups is 2. The van der Waals surface area contributed by atoms with E-state index >= 15 is 0 Å². The number of hydrogen-bond donors (Lipinski definition) is 3. The summed E-state index contributed by atoms with van der Waals surface area (Å²) in [5.41, 5.74) is 0. The number of aliphatic hydroxyl groups excluding tert-OH is 2. The summed E-state index contributed by atoms with van der Waals surface area (Å²) in [5, 5.41) is 20.5. The molecule has 0 aromatic carbocycles. The van der Waals surface area contributed by atoms with Gasteiger partial charge in [-0.2, -0.15) is 0 Å². The lowest BCUT2D eigenvalue weighted by Gasteiger charge is -2.20. The molecule has 1 rings (SSSR count). The fourth-order valence-corrected chi connectivity index (χ4v) is 1.57. The maximum Gasteiger partial charge on any atom is 0.104 e. The average molecular weight is 416 g/mol. The van der Waals surface area contributed by atoms with Crippen LogP contribution in [0.25, 0.3) is 0 Å². The Kier molecular flexibility index (Phi) is 33.4. The summed E-state index contributed by atoms with van der Waals surface area (Å²) in [5.74, 6) is 0. The van der Waals surface area contributed by atoms with Gasteiger partial charge in [0, 0.05) is 27.9 Å². The van der Waals surface area contributed by atoms with Crippen LogP contribution < -0.4 is 5.32 Å². The fourth-order valence-electron chi connectivity index (χ4n) is 1.57. The number of methoxy groups -OCH3 is 3. The van der Waals surface area contributed by atoms with E-state index in [-0.39, 0.29) is 26.2 Å². The third-order valence-corrected chi connectivity index (χ3v) is 2.99. The van der Waals surface area contributed by atoms with E-state index in [1.54, 1.807) is 21.3 Å². The van der Waals surface area contributed by atoms with E-state index in [2.05, 4.69) is 5.32 Å². The number of nitrogens with one attached hydrogen (secondary N) is 1. The minimum Gasteiger partial charge on any atom is -0.395 e. The first kappa shape index (κ1) is 35.1. The number of ether oxygens (including phenoxy) is 4. The van der Waals surface area contributed by atoms with E-state index in [0.717, 1.165) is 13.2 Å². The van der Waals surface area contributed by atoms with Gasteiger partial charge < -0.3 is 44.3 Å². The molecular weight excluding hydrogens is 366 g/mol. The van der Waals surface area contributed by atoms with Crippen molar-refractivity contribution >= 4 is 0 Å². The molecule has 1 aliphatic heterocycles. The summed E-state index contributed by atoms with van der Waals surface area (Å²) in [6, 6.07) is 0.134. The SMILES string of the molecule is C.CNC.COCC(CO)N(C)C.COCC(O)CN(C)C.COCC1CO1. The Morgan fingerprint density at radius 3 is 1.68 bits per heavy atom. The van der Waals surface area contributed by atoms with Crippen LogP contribution in [0.15, 0.2) is 0 Å². The zero-order valence-electron chi connectivity index (χ0n) is 18.9. The van der Waals surface area contributed by atoms with E-state index in [4.69, 9.17) is 29.2 Å². The molecule has 0 spiro atoms. The molecule has 0 bridgehead atoms. The standard InChI is InChI=1S/2C6H15NO2.C4H8O2.C2H7N.CH4/c1-7(2)6(4-8)5-9-3;1-7(2)4-6(8)5-9-3;1-5-2-4-3-6-4;1-3-2;/h2*6,8H,4-5H2,1-3H3;4H,2-3H2,1H3;3H,1-2H3;1H4. The molecule has 1 aliphatic rings. The van der Waals surface area contributed by atoms with Gasteiger partial charge in [-0.05, 0) is 42.3 Å². The van der Waals surface area contributed by atoms with E-state index in [0.29, 0.717) is 25.9 Å². The predicted molar refractivity (Wildman–Crippen MR) is 116 cm³/mol. The molecule has 3 unspecified atom stereocenters. The highest BCUT2D eigenvalue weighted by Gasteiger charge is 2.21. The van der Waals surface area contributed by atoms with Gasteiger partial charge in [-0.15, -0.1) is 0 Å². The fraction of sp³-hybridized carbons (Fsp3) is 1.00. The van der Waals surface area contributed by atoms with Crippen LogP contribution in [-0.2, 0) is 18.9 Å². The normalized spacial score (nSPS) is 16.4. The second kappa shape index (κ2) is 26.6. The quantitative estimate of drug-likeness (QED) is 0.412. The first-order valence-corrected chi connectivity index (χ1v) is 9.00. The summed E-state index contributed by atoms with van der Waals surface area (Å²) in [6.45, 7) is 3.48. The van der Waals surface area contributed by atoms with Gasteiger partial charge in [-0.1, -0.05) is 7.43 Å². The van der Waals surface area contributed by atoms with Crippen molar-refractivity contribution in [3.63, 3.8) is 0 Å². The average Bonchev–Trinajstić information content (AvgIpc) is 3.38. The van der Waals surface area contributed by atoms with Crippen LogP contribution in [0.2, 0.25) is 0 Å². The summed E-state index contributed by atoms with van der Waals surface area (Å²) in [6.07, 6.45) is 0.0694. The van der Waals surface area contributed by atoms with Gasteiger partial charge in [0.15, 0.2) is 0 Å². The largest absolute Gasteiger partial charge is 0.395 e. The van der Waals surface area contributed by atoms with Crippen LogP contribution in [0, 0.1) is 0 Å². The number of hydrogen-bond acceptors (Lipinski definition) is 9. The molecule has 0 aromatic heterocycles. The topological polar surface area (TPSA) is 99.2 Å². The Morgan fingerprint density at radius 1 is 1.04 bits per heavy atom. The molecule has 1 saturated heterocycles. The molecule has 3 N–H and O–H groups in total.